The molecular weight excluding hydrogens is 214 g/mol. The lowest BCUT2D eigenvalue weighted by atomic mass is 10.3. The second-order valence-corrected chi connectivity index (χ2v) is 4.58. The van der Waals surface area contributed by atoms with E-state index in [-0.39, 0.29) is 6.04 Å². The Balaban J connectivity index is 2.07. The Labute approximate surface area is 91.1 Å². The smallest absolute Gasteiger partial charge is 0.394 e. The van der Waals surface area contributed by atoms with Gasteiger partial charge in [-0.1, -0.05) is 6.07 Å². The molecule has 5 heteroatoms. The van der Waals surface area contributed by atoms with Gasteiger partial charge in [0.05, 0.1) is 6.54 Å². The maximum absolute atomic E-state index is 11.4. The van der Waals surface area contributed by atoms with Gasteiger partial charge in [-0.2, -0.15) is 0 Å². The van der Waals surface area contributed by atoms with Gasteiger partial charge in [0.1, 0.15) is 0 Å². The third kappa shape index (κ3) is 2.36. The fourth-order valence-electron chi connectivity index (χ4n) is 1.45. The van der Waals surface area contributed by atoms with Gasteiger partial charge in [-0.3, -0.25) is 4.79 Å². The molecule has 0 saturated heterocycles. The Morgan fingerprint density at radius 1 is 1.53 bits per heavy atom. The number of hydrogen-bond acceptors (Lipinski definition) is 3. The summed E-state index contributed by atoms with van der Waals surface area (Å²) >= 11 is 1.54. The van der Waals surface area contributed by atoms with Crippen LogP contribution in [0.25, 0.3) is 0 Å². The van der Waals surface area contributed by atoms with Crippen molar-refractivity contribution in [2.45, 2.75) is 25.4 Å². The summed E-state index contributed by atoms with van der Waals surface area (Å²) in [5.41, 5.74) is 0. The van der Waals surface area contributed by atoms with Gasteiger partial charge in [0.25, 0.3) is 0 Å². The number of rotatable bonds is 3. The van der Waals surface area contributed by atoms with Crippen molar-refractivity contribution < 1.29 is 14.7 Å². The second-order valence-electron chi connectivity index (χ2n) is 3.55. The minimum atomic E-state index is -1.36. The number of carbonyl (C=O) groups is 2. The van der Waals surface area contributed by atoms with Crippen LogP contribution in [-0.4, -0.2) is 27.9 Å². The van der Waals surface area contributed by atoms with E-state index < -0.39 is 11.9 Å². The van der Waals surface area contributed by atoms with Crippen LogP contribution in [0.2, 0.25) is 0 Å². The molecule has 1 fully saturated rings. The van der Waals surface area contributed by atoms with E-state index in [1.54, 1.807) is 0 Å². The Morgan fingerprint density at radius 3 is 2.73 bits per heavy atom. The van der Waals surface area contributed by atoms with Gasteiger partial charge in [-0.25, -0.2) is 4.79 Å². The number of thiophene rings is 1. The van der Waals surface area contributed by atoms with Gasteiger partial charge < -0.3 is 10.0 Å². The molecule has 1 N–H and O–H groups in total. The Morgan fingerprint density at radius 2 is 2.27 bits per heavy atom. The van der Waals surface area contributed by atoms with E-state index in [1.807, 2.05) is 17.5 Å². The van der Waals surface area contributed by atoms with Crippen LogP contribution < -0.4 is 0 Å². The lowest BCUT2D eigenvalue weighted by Crippen LogP contribution is -2.37. The van der Waals surface area contributed by atoms with Gasteiger partial charge in [0, 0.05) is 10.9 Å². The fourth-order valence-corrected chi connectivity index (χ4v) is 2.15. The molecule has 80 valence electrons. The first-order chi connectivity index (χ1) is 7.18. The molecule has 1 aliphatic rings. The average Bonchev–Trinajstić information content (AvgIpc) is 2.92. The number of carboxylic acids is 1. The molecule has 1 saturated carbocycles. The van der Waals surface area contributed by atoms with E-state index in [4.69, 9.17) is 5.11 Å². The largest absolute Gasteiger partial charge is 0.474 e. The zero-order valence-electron chi connectivity index (χ0n) is 8.05. The molecule has 1 aliphatic carbocycles. The summed E-state index contributed by atoms with van der Waals surface area (Å²) in [6.45, 7) is 0.424. The molecular formula is C10H11NO3S. The highest BCUT2D eigenvalue weighted by Gasteiger charge is 2.35. The lowest BCUT2D eigenvalue weighted by molar-refractivity contribution is -0.156. The topological polar surface area (TPSA) is 57.6 Å². The predicted octanol–water partition coefficient (Wildman–Crippen LogP) is 1.32. The molecule has 15 heavy (non-hydrogen) atoms. The van der Waals surface area contributed by atoms with E-state index in [1.165, 1.54) is 16.2 Å². The Bertz CT molecular complexity index is 370. The maximum Gasteiger partial charge on any atom is 0.394 e. The molecule has 1 heterocycles. The molecule has 4 nitrogen and oxygen atoms in total. The molecule has 0 unspecified atom stereocenters. The molecule has 2 rings (SSSR count). The van der Waals surface area contributed by atoms with Crippen LogP contribution in [0.3, 0.4) is 0 Å². The zero-order valence-corrected chi connectivity index (χ0v) is 8.87. The molecule has 0 aromatic carbocycles. The molecule has 0 radical (unpaired) electrons. The van der Waals surface area contributed by atoms with Crippen molar-refractivity contribution in [3.05, 3.63) is 22.4 Å². The third-order valence-corrected chi connectivity index (χ3v) is 3.20. The van der Waals surface area contributed by atoms with Crippen LogP contribution in [-0.2, 0) is 16.1 Å². The van der Waals surface area contributed by atoms with Crippen molar-refractivity contribution >= 4 is 23.2 Å². The highest BCUT2D eigenvalue weighted by molar-refractivity contribution is 7.09. The second kappa shape index (κ2) is 4.02. The standard InChI is InChI=1S/C10H11NO3S/c12-9(10(13)14)11(7-3-4-7)6-8-2-1-5-15-8/h1-2,5,7H,3-4,6H2,(H,13,14). The lowest BCUT2D eigenvalue weighted by Gasteiger charge is -2.18. The van der Waals surface area contributed by atoms with E-state index in [9.17, 15) is 9.59 Å². The minimum absolute atomic E-state index is 0.135. The van der Waals surface area contributed by atoms with Gasteiger partial charge in [-0.05, 0) is 24.3 Å². The van der Waals surface area contributed by atoms with Crippen molar-refractivity contribution in [1.82, 2.24) is 4.90 Å². The van der Waals surface area contributed by atoms with Crippen molar-refractivity contribution in [1.29, 1.82) is 0 Å². The molecule has 1 aromatic heterocycles. The molecule has 1 aromatic rings. The van der Waals surface area contributed by atoms with Crippen LogP contribution in [0.15, 0.2) is 17.5 Å². The summed E-state index contributed by atoms with van der Waals surface area (Å²) in [7, 11) is 0. The summed E-state index contributed by atoms with van der Waals surface area (Å²) in [4.78, 5) is 24.5. The van der Waals surface area contributed by atoms with Crippen LogP contribution in [0.1, 0.15) is 17.7 Å². The van der Waals surface area contributed by atoms with Crippen LogP contribution in [0, 0.1) is 0 Å². The number of amides is 1. The number of aliphatic carboxylic acids is 1. The SMILES string of the molecule is O=C(O)C(=O)N(Cc1cccs1)C1CC1. The third-order valence-electron chi connectivity index (χ3n) is 2.34. The van der Waals surface area contributed by atoms with Crippen molar-refractivity contribution in [2.24, 2.45) is 0 Å². The number of carbonyl (C=O) groups excluding carboxylic acids is 1. The highest BCUT2D eigenvalue weighted by atomic mass is 32.1. The first-order valence-corrected chi connectivity index (χ1v) is 5.62. The first kappa shape index (κ1) is 10.2. The molecule has 0 aliphatic heterocycles. The highest BCUT2D eigenvalue weighted by Crippen LogP contribution is 2.29. The molecule has 0 bridgehead atoms. The predicted molar refractivity (Wildman–Crippen MR) is 55.5 cm³/mol. The normalized spacial score (nSPS) is 14.9. The zero-order chi connectivity index (χ0) is 10.8. The van der Waals surface area contributed by atoms with E-state index >= 15 is 0 Å². The number of nitrogens with zero attached hydrogens (tertiary/aromatic N) is 1. The van der Waals surface area contributed by atoms with E-state index in [2.05, 4.69) is 0 Å². The van der Waals surface area contributed by atoms with Gasteiger partial charge in [0.2, 0.25) is 0 Å². The summed E-state index contributed by atoms with van der Waals surface area (Å²) < 4.78 is 0. The first-order valence-electron chi connectivity index (χ1n) is 4.75. The number of carboxylic acid groups (broad SMARTS) is 1. The Hall–Kier alpha value is -1.36. The molecule has 0 atom stereocenters. The summed E-state index contributed by atoms with van der Waals surface area (Å²) in [6, 6.07) is 3.95. The van der Waals surface area contributed by atoms with Crippen LogP contribution in [0.4, 0.5) is 0 Å². The quantitative estimate of drug-likeness (QED) is 0.789. The summed E-state index contributed by atoms with van der Waals surface area (Å²) in [5.74, 6) is -2.15. The molecule has 0 spiro atoms. The summed E-state index contributed by atoms with van der Waals surface area (Å²) in [5, 5.41) is 10.6. The average molecular weight is 225 g/mol. The Kier molecular flexibility index (Phi) is 2.73. The maximum atomic E-state index is 11.4. The monoisotopic (exact) mass is 225 g/mol. The van der Waals surface area contributed by atoms with Crippen LogP contribution >= 0.6 is 11.3 Å². The fraction of sp³-hybridized carbons (Fsp3) is 0.400. The number of hydrogen-bond donors (Lipinski definition) is 1. The van der Waals surface area contributed by atoms with E-state index in [0.717, 1.165) is 17.7 Å². The van der Waals surface area contributed by atoms with Gasteiger partial charge >= 0.3 is 11.9 Å². The van der Waals surface area contributed by atoms with Crippen LogP contribution in [0.5, 0.6) is 0 Å². The van der Waals surface area contributed by atoms with Crippen molar-refractivity contribution in [3.8, 4) is 0 Å². The van der Waals surface area contributed by atoms with Crippen molar-refractivity contribution in [2.75, 3.05) is 0 Å². The van der Waals surface area contributed by atoms with Gasteiger partial charge in [0.15, 0.2) is 0 Å². The minimum Gasteiger partial charge on any atom is -0.474 e. The van der Waals surface area contributed by atoms with E-state index in [0.29, 0.717) is 6.54 Å². The summed E-state index contributed by atoms with van der Waals surface area (Å²) in [6.07, 6.45) is 1.84. The molecule has 1 amide bonds. The van der Waals surface area contributed by atoms with Gasteiger partial charge in [-0.15, -0.1) is 11.3 Å². The van der Waals surface area contributed by atoms with Crippen molar-refractivity contribution in [3.63, 3.8) is 0 Å².